The van der Waals surface area contributed by atoms with Gasteiger partial charge in [0.2, 0.25) is 0 Å². The number of carbonyl (C=O) groups is 2. The number of allylic oxidation sites excluding steroid dienone is 1. The van der Waals surface area contributed by atoms with Gasteiger partial charge in [-0.25, -0.2) is 4.79 Å². The highest BCUT2D eigenvalue weighted by molar-refractivity contribution is 5.92. The van der Waals surface area contributed by atoms with Gasteiger partial charge in [-0.05, 0) is 43.0 Å². The van der Waals surface area contributed by atoms with Crippen LogP contribution in [0, 0.1) is 5.41 Å². The number of hydrogen-bond acceptors (Lipinski definition) is 2. The normalized spacial score (nSPS) is 22.0. The van der Waals surface area contributed by atoms with Gasteiger partial charge in [0.1, 0.15) is 0 Å². The maximum absolute atomic E-state index is 12.8. The second-order valence-corrected chi connectivity index (χ2v) is 7.55. The summed E-state index contributed by atoms with van der Waals surface area (Å²) < 4.78 is 0. The summed E-state index contributed by atoms with van der Waals surface area (Å²) >= 11 is 0. The molecule has 1 saturated heterocycles. The predicted octanol–water partition coefficient (Wildman–Crippen LogP) is 4.44. The number of benzene rings is 2. The fraction of sp³-hybridized carbons (Fsp3) is 0.304. The molecule has 1 unspecified atom stereocenters. The van der Waals surface area contributed by atoms with E-state index in [1.54, 1.807) is 0 Å². The summed E-state index contributed by atoms with van der Waals surface area (Å²) in [4.78, 5) is 26.7. The SMILES string of the molecule is O=C1C=C2CCN(C(=O)Nc3ccccc3)CC2(Cc2ccccc2)CC1. The Kier molecular flexibility index (Phi) is 4.80. The number of para-hydroxylation sites is 1. The molecule has 0 saturated carbocycles. The zero-order valence-corrected chi connectivity index (χ0v) is 15.4. The van der Waals surface area contributed by atoms with Crippen LogP contribution in [0.25, 0.3) is 0 Å². The smallest absolute Gasteiger partial charge is 0.321 e. The third-order valence-corrected chi connectivity index (χ3v) is 5.71. The molecule has 1 atom stereocenters. The number of piperidine rings is 1. The van der Waals surface area contributed by atoms with Crippen molar-refractivity contribution in [2.75, 3.05) is 18.4 Å². The monoisotopic (exact) mass is 360 g/mol. The number of hydrogen-bond donors (Lipinski definition) is 1. The molecule has 2 amide bonds. The van der Waals surface area contributed by atoms with Gasteiger partial charge < -0.3 is 10.2 Å². The number of fused-ring (bicyclic) bond motifs is 1. The van der Waals surface area contributed by atoms with Gasteiger partial charge in [-0.15, -0.1) is 0 Å². The molecule has 4 heteroatoms. The average molecular weight is 360 g/mol. The quantitative estimate of drug-likeness (QED) is 0.879. The number of anilines is 1. The van der Waals surface area contributed by atoms with Crippen molar-refractivity contribution in [1.29, 1.82) is 0 Å². The van der Waals surface area contributed by atoms with E-state index in [4.69, 9.17) is 0 Å². The average Bonchev–Trinajstić information content (AvgIpc) is 2.69. The molecule has 2 aliphatic rings. The van der Waals surface area contributed by atoms with Crippen LogP contribution in [-0.4, -0.2) is 29.8 Å². The lowest BCUT2D eigenvalue weighted by Gasteiger charge is -2.46. The number of ketones is 1. The molecule has 0 bridgehead atoms. The Labute approximate surface area is 159 Å². The van der Waals surface area contributed by atoms with E-state index in [0.29, 0.717) is 19.5 Å². The van der Waals surface area contributed by atoms with Gasteiger partial charge in [0.15, 0.2) is 5.78 Å². The first-order valence-electron chi connectivity index (χ1n) is 9.53. The Morgan fingerprint density at radius 2 is 1.70 bits per heavy atom. The molecule has 1 fully saturated rings. The second kappa shape index (κ2) is 7.39. The summed E-state index contributed by atoms with van der Waals surface area (Å²) in [6.07, 6.45) is 4.84. The number of likely N-dealkylation sites (tertiary alicyclic amines) is 1. The minimum atomic E-state index is -0.137. The van der Waals surface area contributed by atoms with Crippen LogP contribution in [0.3, 0.4) is 0 Å². The fourth-order valence-electron chi connectivity index (χ4n) is 4.30. The molecule has 0 radical (unpaired) electrons. The molecule has 1 heterocycles. The summed E-state index contributed by atoms with van der Waals surface area (Å²) in [5.41, 5.74) is 3.14. The molecule has 0 aromatic heterocycles. The van der Waals surface area contributed by atoms with Crippen molar-refractivity contribution in [3.8, 4) is 0 Å². The number of rotatable bonds is 3. The van der Waals surface area contributed by atoms with E-state index in [0.717, 1.165) is 24.9 Å². The first-order valence-corrected chi connectivity index (χ1v) is 9.53. The molecule has 138 valence electrons. The molecule has 27 heavy (non-hydrogen) atoms. The molecule has 0 spiro atoms. The third-order valence-electron chi connectivity index (χ3n) is 5.71. The first-order chi connectivity index (χ1) is 13.1. The van der Waals surface area contributed by atoms with Crippen molar-refractivity contribution in [1.82, 2.24) is 4.90 Å². The standard InChI is InChI=1S/C23H24N2O2/c26-21-11-13-23(16-18-7-3-1-4-8-18)17-25(14-12-19(23)15-21)22(27)24-20-9-5-2-6-10-20/h1-10,15H,11-14,16-17H2,(H,24,27). The van der Waals surface area contributed by atoms with Crippen molar-refractivity contribution < 1.29 is 9.59 Å². The van der Waals surface area contributed by atoms with Crippen molar-refractivity contribution in [3.05, 3.63) is 77.9 Å². The predicted molar refractivity (Wildman–Crippen MR) is 107 cm³/mol. The van der Waals surface area contributed by atoms with Crippen molar-refractivity contribution in [2.24, 2.45) is 5.41 Å². The Bertz CT molecular complexity index is 860. The maximum atomic E-state index is 12.8. The minimum absolute atomic E-state index is 0.0652. The van der Waals surface area contributed by atoms with E-state index >= 15 is 0 Å². The number of urea groups is 1. The van der Waals surface area contributed by atoms with Crippen molar-refractivity contribution in [3.63, 3.8) is 0 Å². The zero-order valence-electron chi connectivity index (χ0n) is 15.4. The van der Waals surface area contributed by atoms with Gasteiger partial charge in [0.05, 0.1) is 0 Å². The summed E-state index contributed by atoms with van der Waals surface area (Å²) in [5, 5.41) is 3.00. The van der Waals surface area contributed by atoms with Crippen LogP contribution in [0.2, 0.25) is 0 Å². The van der Waals surface area contributed by atoms with E-state index in [1.807, 2.05) is 59.5 Å². The van der Waals surface area contributed by atoms with Crippen LogP contribution in [0.15, 0.2) is 72.3 Å². The van der Waals surface area contributed by atoms with E-state index in [-0.39, 0.29) is 17.2 Å². The number of carbonyl (C=O) groups excluding carboxylic acids is 2. The van der Waals surface area contributed by atoms with Crippen molar-refractivity contribution in [2.45, 2.75) is 25.7 Å². The van der Waals surface area contributed by atoms with Gasteiger partial charge in [0.25, 0.3) is 0 Å². The Balaban J connectivity index is 1.57. The van der Waals surface area contributed by atoms with Gasteiger partial charge in [-0.1, -0.05) is 54.1 Å². The van der Waals surface area contributed by atoms with E-state index in [9.17, 15) is 9.59 Å². The van der Waals surface area contributed by atoms with Gasteiger partial charge >= 0.3 is 6.03 Å². The Hall–Kier alpha value is -2.88. The molecular weight excluding hydrogens is 336 g/mol. The second-order valence-electron chi connectivity index (χ2n) is 7.55. The third kappa shape index (κ3) is 3.80. The number of nitrogens with zero attached hydrogens (tertiary/aromatic N) is 1. The molecule has 1 N–H and O–H groups in total. The van der Waals surface area contributed by atoms with Gasteiger partial charge in [-0.3, -0.25) is 4.79 Å². The highest BCUT2D eigenvalue weighted by Gasteiger charge is 2.43. The maximum Gasteiger partial charge on any atom is 0.321 e. The molecular formula is C23H24N2O2. The van der Waals surface area contributed by atoms with Gasteiger partial charge in [-0.2, -0.15) is 0 Å². The number of nitrogens with one attached hydrogen (secondary N) is 1. The molecule has 2 aromatic carbocycles. The van der Waals surface area contributed by atoms with Crippen LogP contribution < -0.4 is 5.32 Å². The fourth-order valence-corrected chi connectivity index (χ4v) is 4.30. The van der Waals surface area contributed by atoms with Crippen LogP contribution in [0.5, 0.6) is 0 Å². The van der Waals surface area contributed by atoms with E-state index in [1.165, 1.54) is 11.1 Å². The molecule has 4 nitrogen and oxygen atoms in total. The topological polar surface area (TPSA) is 49.4 Å². The lowest BCUT2D eigenvalue weighted by Crippen LogP contribution is -2.51. The summed E-state index contributed by atoms with van der Waals surface area (Å²) in [5.74, 6) is 0.218. The van der Waals surface area contributed by atoms with E-state index in [2.05, 4.69) is 17.4 Å². The van der Waals surface area contributed by atoms with E-state index < -0.39 is 0 Å². The first kappa shape index (κ1) is 17.5. The zero-order chi connectivity index (χ0) is 18.7. The van der Waals surface area contributed by atoms with Crippen molar-refractivity contribution >= 4 is 17.5 Å². The molecule has 2 aromatic rings. The largest absolute Gasteiger partial charge is 0.323 e. The summed E-state index contributed by atoms with van der Waals surface area (Å²) in [6.45, 7) is 1.30. The Morgan fingerprint density at radius 1 is 1.00 bits per heavy atom. The van der Waals surface area contributed by atoms with Gasteiger partial charge in [0, 0.05) is 30.6 Å². The summed E-state index contributed by atoms with van der Waals surface area (Å²) in [6, 6.07) is 19.9. The molecule has 4 rings (SSSR count). The van der Waals surface area contributed by atoms with Crippen LogP contribution in [-0.2, 0) is 11.2 Å². The number of amides is 2. The minimum Gasteiger partial charge on any atom is -0.323 e. The van der Waals surface area contributed by atoms with Crippen LogP contribution in [0.1, 0.15) is 24.8 Å². The molecule has 1 aliphatic heterocycles. The highest BCUT2D eigenvalue weighted by Crippen LogP contribution is 2.44. The lowest BCUT2D eigenvalue weighted by molar-refractivity contribution is -0.116. The molecule has 1 aliphatic carbocycles. The summed E-state index contributed by atoms with van der Waals surface area (Å²) in [7, 11) is 0. The lowest BCUT2D eigenvalue weighted by atomic mass is 9.65. The Morgan fingerprint density at radius 3 is 2.44 bits per heavy atom. The van der Waals surface area contributed by atoms with Crippen LogP contribution in [0.4, 0.5) is 10.5 Å². The highest BCUT2D eigenvalue weighted by atomic mass is 16.2. The van der Waals surface area contributed by atoms with Crippen LogP contribution >= 0.6 is 0 Å².